The molecule has 0 atom stereocenters. The molecule has 0 aliphatic carbocycles. The molecule has 0 heterocycles. The number of rotatable bonds is 0. The molecule has 0 aliphatic rings. The van der Waals surface area contributed by atoms with Crippen LogP contribution in [0.4, 0.5) is 0 Å². The van der Waals surface area contributed by atoms with Crippen LogP contribution in [0, 0.1) is 32.3 Å². The van der Waals surface area contributed by atoms with E-state index in [4.69, 9.17) is 6.42 Å². The molecule has 0 amide bonds. The summed E-state index contributed by atoms with van der Waals surface area (Å²) in [5.74, 6) is 2.58. The van der Waals surface area contributed by atoms with Gasteiger partial charge in [-0.25, -0.2) is 0 Å². The van der Waals surface area contributed by atoms with E-state index >= 15 is 0 Å². The maximum atomic E-state index is 5.24. The van der Waals surface area contributed by atoms with Crippen LogP contribution in [0.1, 0.15) is 16.7 Å². The highest BCUT2D eigenvalue weighted by Gasteiger charge is 1.92. The van der Waals surface area contributed by atoms with Crippen molar-refractivity contribution in [2.75, 3.05) is 0 Å². The Balaban J connectivity index is 3.25. The normalized spacial score (nSPS) is 8.90. The number of terminal acetylenes is 1. The van der Waals surface area contributed by atoms with Crippen molar-refractivity contribution in [2.45, 2.75) is 13.8 Å². The van der Waals surface area contributed by atoms with Crippen LogP contribution >= 0.6 is 0 Å². The highest BCUT2D eigenvalue weighted by Crippen LogP contribution is 2.07. The molecule has 0 heteroatoms. The molecule has 0 nitrogen and oxygen atoms in total. The summed E-state index contributed by atoms with van der Waals surface area (Å²) >= 11 is 0. The zero-order valence-electron chi connectivity index (χ0n) is 6.23. The van der Waals surface area contributed by atoms with Gasteiger partial charge in [0.1, 0.15) is 0 Å². The largest absolute Gasteiger partial charge is 0.115 e. The second-order valence-electron chi connectivity index (χ2n) is 2.34. The molecule has 0 spiro atoms. The lowest BCUT2D eigenvalue weighted by Gasteiger charge is -1.96. The fraction of sp³-hybridized carbons (Fsp3) is 0.200. The fourth-order valence-electron chi connectivity index (χ4n) is 0.821. The van der Waals surface area contributed by atoms with Gasteiger partial charge in [0.05, 0.1) is 0 Å². The Morgan fingerprint density at radius 3 is 2.60 bits per heavy atom. The van der Waals surface area contributed by atoms with Crippen LogP contribution in [0.25, 0.3) is 0 Å². The summed E-state index contributed by atoms with van der Waals surface area (Å²) in [4.78, 5) is 0. The summed E-state index contributed by atoms with van der Waals surface area (Å²) in [6.45, 7) is 3.98. The average molecular weight is 129 g/mol. The second kappa shape index (κ2) is 2.58. The highest BCUT2D eigenvalue weighted by molar-refractivity contribution is 5.40. The van der Waals surface area contributed by atoms with Gasteiger partial charge in [0.15, 0.2) is 0 Å². The summed E-state index contributed by atoms with van der Waals surface area (Å²) in [6.07, 6.45) is 5.24. The molecule has 0 bridgehead atoms. The van der Waals surface area contributed by atoms with Gasteiger partial charge < -0.3 is 0 Å². The predicted octanol–water partition coefficient (Wildman–Crippen LogP) is 2.08. The Morgan fingerprint density at radius 2 is 2.10 bits per heavy atom. The highest BCUT2D eigenvalue weighted by atomic mass is 14.0. The van der Waals surface area contributed by atoms with E-state index in [9.17, 15) is 0 Å². The van der Waals surface area contributed by atoms with Crippen LogP contribution in [0.5, 0.6) is 0 Å². The lowest BCUT2D eigenvalue weighted by Crippen LogP contribution is -1.82. The quantitative estimate of drug-likeness (QED) is 0.470. The van der Waals surface area contributed by atoms with Crippen molar-refractivity contribution in [3.05, 3.63) is 34.9 Å². The number of hydrogen-bond donors (Lipinski definition) is 0. The summed E-state index contributed by atoms with van der Waals surface area (Å²) in [5, 5.41) is 0. The molecule has 0 N–H and O–H groups in total. The van der Waals surface area contributed by atoms with Crippen molar-refractivity contribution >= 4 is 0 Å². The average Bonchev–Trinajstić information content (AvgIpc) is 1.94. The smallest absolute Gasteiger partial charge is 0.0353 e. The minimum Gasteiger partial charge on any atom is -0.115 e. The number of benzene rings is 1. The van der Waals surface area contributed by atoms with Crippen LogP contribution in [-0.2, 0) is 0 Å². The molecule has 0 unspecified atom stereocenters. The zero-order valence-corrected chi connectivity index (χ0v) is 6.23. The molecular formula is C10H9. The first-order chi connectivity index (χ1) is 4.74. The summed E-state index contributed by atoms with van der Waals surface area (Å²) in [5.41, 5.74) is 3.09. The summed E-state index contributed by atoms with van der Waals surface area (Å²) < 4.78 is 0. The molecule has 0 aromatic heterocycles. The first kappa shape index (κ1) is 6.89. The van der Waals surface area contributed by atoms with Crippen LogP contribution in [0.3, 0.4) is 0 Å². The summed E-state index contributed by atoms with van der Waals surface area (Å²) in [6, 6.07) is 7.11. The van der Waals surface area contributed by atoms with E-state index in [0.29, 0.717) is 0 Å². The third kappa shape index (κ3) is 1.19. The van der Waals surface area contributed by atoms with Crippen molar-refractivity contribution in [3.8, 4) is 12.3 Å². The molecule has 0 saturated carbocycles. The van der Waals surface area contributed by atoms with Gasteiger partial charge in [-0.2, -0.15) is 0 Å². The molecular weight excluding hydrogens is 120 g/mol. The van der Waals surface area contributed by atoms with Crippen LogP contribution in [0.15, 0.2) is 12.1 Å². The Kier molecular flexibility index (Phi) is 1.78. The Labute approximate surface area is 61.9 Å². The zero-order chi connectivity index (χ0) is 7.56. The van der Waals surface area contributed by atoms with E-state index in [1.54, 1.807) is 0 Å². The molecule has 1 rings (SSSR count). The molecule has 1 aromatic carbocycles. The lowest BCUT2D eigenvalue weighted by molar-refractivity contribution is 1.36. The molecule has 1 radical (unpaired) electrons. The molecule has 0 saturated heterocycles. The van der Waals surface area contributed by atoms with E-state index in [2.05, 4.69) is 12.0 Å². The third-order valence-corrected chi connectivity index (χ3v) is 1.44. The standard InChI is InChI=1S/C10H9/c1-4-10-7-8(2)5-6-9(10)3/h1,5-6H,2-3H3. The SMILES string of the molecule is C#Cc1[c]c(C)ccc1C. The van der Waals surface area contributed by atoms with Crippen molar-refractivity contribution < 1.29 is 0 Å². The summed E-state index contributed by atoms with van der Waals surface area (Å²) in [7, 11) is 0. The first-order valence-corrected chi connectivity index (χ1v) is 3.20. The minimum absolute atomic E-state index is 0.875. The van der Waals surface area contributed by atoms with Gasteiger partial charge in [-0.05, 0) is 25.0 Å². The van der Waals surface area contributed by atoms with E-state index in [1.165, 1.54) is 0 Å². The molecule has 0 fully saturated rings. The Morgan fingerprint density at radius 1 is 1.40 bits per heavy atom. The monoisotopic (exact) mass is 129 g/mol. The molecule has 1 aromatic rings. The lowest BCUT2D eigenvalue weighted by atomic mass is 10.1. The van der Waals surface area contributed by atoms with Gasteiger partial charge >= 0.3 is 0 Å². The van der Waals surface area contributed by atoms with Gasteiger partial charge in [-0.1, -0.05) is 18.1 Å². The van der Waals surface area contributed by atoms with E-state index in [0.717, 1.165) is 16.7 Å². The Bertz CT molecular complexity index is 277. The van der Waals surface area contributed by atoms with Gasteiger partial charge in [0.25, 0.3) is 0 Å². The van der Waals surface area contributed by atoms with Crippen LogP contribution in [0.2, 0.25) is 0 Å². The van der Waals surface area contributed by atoms with E-state index < -0.39 is 0 Å². The van der Waals surface area contributed by atoms with Crippen molar-refractivity contribution in [2.24, 2.45) is 0 Å². The van der Waals surface area contributed by atoms with Crippen LogP contribution < -0.4 is 0 Å². The first-order valence-electron chi connectivity index (χ1n) is 3.20. The van der Waals surface area contributed by atoms with Gasteiger partial charge in [0, 0.05) is 11.6 Å². The predicted molar refractivity (Wildman–Crippen MR) is 42.7 cm³/mol. The maximum absolute atomic E-state index is 5.24. The number of aryl methyl sites for hydroxylation is 2. The topological polar surface area (TPSA) is 0 Å². The maximum Gasteiger partial charge on any atom is 0.0353 e. The van der Waals surface area contributed by atoms with Crippen molar-refractivity contribution in [3.63, 3.8) is 0 Å². The molecule has 10 heavy (non-hydrogen) atoms. The van der Waals surface area contributed by atoms with Gasteiger partial charge in [-0.15, -0.1) is 6.42 Å². The third-order valence-electron chi connectivity index (χ3n) is 1.44. The Hall–Kier alpha value is -1.22. The van der Waals surface area contributed by atoms with Crippen molar-refractivity contribution in [1.29, 1.82) is 0 Å². The van der Waals surface area contributed by atoms with Gasteiger partial charge in [0.2, 0.25) is 0 Å². The molecule has 49 valence electrons. The second-order valence-corrected chi connectivity index (χ2v) is 2.34. The minimum atomic E-state index is 0.875. The van der Waals surface area contributed by atoms with E-state index in [-0.39, 0.29) is 0 Å². The molecule has 0 aliphatic heterocycles. The van der Waals surface area contributed by atoms with E-state index in [1.807, 2.05) is 26.0 Å². The fourth-order valence-corrected chi connectivity index (χ4v) is 0.821. The van der Waals surface area contributed by atoms with Crippen molar-refractivity contribution in [1.82, 2.24) is 0 Å². The number of hydrogen-bond acceptors (Lipinski definition) is 0. The van der Waals surface area contributed by atoms with Gasteiger partial charge in [-0.3, -0.25) is 0 Å². The van der Waals surface area contributed by atoms with Crippen LogP contribution in [-0.4, -0.2) is 0 Å².